The quantitative estimate of drug-likeness (QED) is 0.676. The molecule has 3 aromatic rings. The van der Waals surface area contributed by atoms with Crippen LogP contribution in [0.15, 0.2) is 91.0 Å². The highest BCUT2D eigenvalue weighted by Gasteiger charge is 2.42. The van der Waals surface area contributed by atoms with E-state index in [2.05, 4.69) is 53.8 Å². The average Bonchev–Trinajstić information content (AvgIpc) is 3.39. The number of benzene rings is 3. The summed E-state index contributed by atoms with van der Waals surface area (Å²) in [6, 6.07) is 31.2. The van der Waals surface area contributed by atoms with Crippen LogP contribution in [0, 0.1) is 0 Å². The van der Waals surface area contributed by atoms with Crippen LogP contribution in [0.2, 0.25) is 0 Å². The van der Waals surface area contributed by atoms with Gasteiger partial charge in [0.1, 0.15) is 0 Å². The maximum Gasteiger partial charge on any atom is 0.225 e. The number of ether oxygens (including phenoxy) is 1. The van der Waals surface area contributed by atoms with Crippen molar-refractivity contribution < 1.29 is 9.53 Å². The second-order valence-electron chi connectivity index (χ2n) is 7.66. The number of nitrogens with zero attached hydrogens (tertiary/aromatic N) is 1. The number of carbonyl (C=O) groups excluding carboxylic acids is 1. The Hall–Kier alpha value is -2.95. The zero-order valence-corrected chi connectivity index (χ0v) is 17.1. The Labute approximate surface area is 178 Å². The highest BCUT2D eigenvalue weighted by molar-refractivity contribution is 5.79. The molecular formula is C26H28N2O2. The molecule has 1 amide bonds. The van der Waals surface area contributed by atoms with E-state index in [0.717, 1.165) is 25.1 Å². The molecule has 4 heteroatoms. The lowest BCUT2D eigenvalue weighted by molar-refractivity contribution is -0.134. The molecule has 154 valence electrons. The predicted molar refractivity (Wildman–Crippen MR) is 118 cm³/mol. The summed E-state index contributed by atoms with van der Waals surface area (Å²) in [7, 11) is 0. The molecule has 1 N–H and O–H groups in total. The molecule has 0 aliphatic carbocycles. The zero-order valence-electron chi connectivity index (χ0n) is 17.1. The highest BCUT2D eigenvalue weighted by Crippen LogP contribution is 2.36. The second kappa shape index (κ2) is 10.2. The van der Waals surface area contributed by atoms with Crippen molar-refractivity contribution in [3.63, 3.8) is 0 Å². The van der Waals surface area contributed by atoms with Crippen molar-refractivity contribution in [2.75, 3.05) is 6.61 Å². The van der Waals surface area contributed by atoms with E-state index in [1.165, 1.54) is 11.1 Å². The third-order valence-corrected chi connectivity index (χ3v) is 5.50. The van der Waals surface area contributed by atoms with E-state index in [1.807, 2.05) is 47.4 Å². The van der Waals surface area contributed by atoms with Gasteiger partial charge in [-0.1, -0.05) is 91.0 Å². The van der Waals surface area contributed by atoms with Gasteiger partial charge in [-0.25, -0.2) is 0 Å². The molecule has 0 spiro atoms. The Kier molecular flexibility index (Phi) is 6.91. The molecule has 30 heavy (non-hydrogen) atoms. The van der Waals surface area contributed by atoms with Crippen LogP contribution >= 0.6 is 0 Å². The predicted octanol–water partition coefficient (Wildman–Crippen LogP) is 4.68. The molecule has 0 bridgehead atoms. The molecule has 3 aromatic carbocycles. The minimum atomic E-state index is -0.147. The number of carbonyl (C=O) groups is 1. The van der Waals surface area contributed by atoms with E-state index < -0.39 is 0 Å². The number of hydrogen-bond acceptors (Lipinski definition) is 3. The number of amides is 1. The van der Waals surface area contributed by atoms with Crippen LogP contribution in [-0.4, -0.2) is 23.5 Å². The molecule has 2 aliphatic heterocycles. The molecule has 0 unspecified atom stereocenters. The van der Waals surface area contributed by atoms with Crippen molar-refractivity contribution in [3.05, 3.63) is 108 Å². The summed E-state index contributed by atoms with van der Waals surface area (Å²) in [6.07, 6.45) is 1.48. The first-order valence-corrected chi connectivity index (χ1v) is 10.6. The Morgan fingerprint density at radius 3 is 1.90 bits per heavy atom. The van der Waals surface area contributed by atoms with Gasteiger partial charge in [0.15, 0.2) is 6.23 Å². The molecule has 2 fully saturated rings. The minimum Gasteiger partial charge on any atom is -0.352 e. The van der Waals surface area contributed by atoms with Gasteiger partial charge in [-0.3, -0.25) is 4.79 Å². The van der Waals surface area contributed by atoms with E-state index >= 15 is 0 Å². The van der Waals surface area contributed by atoms with Crippen molar-refractivity contribution in [1.82, 2.24) is 10.2 Å². The van der Waals surface area contributed by atoms with Gasteiger partial charge in [-0.05, 0) is 17.5 Å². The van der Waals surface area contributed by atoms with E-state index in [9.17, 15) is 4.79 Å². The molecule has 2 saturated heterocycles. The molecule has 2 heterocycles. The normalized spacial score (nSPS) is 19.9. The first-order chi connectivity index (χ1) is 14.8. The molecule has 4 nitrogen and oxygen atoms in total. The van der Waals surface area contributed by atoms with Gasteiger partial charge >= 0.3 is 0 Å². The number of hydrogen-bond donors (Lipinski definition) is 1. The summed E-state index contributed by atoms with van der Waals surface area (Å²) >= 11 is 0. The van der Waals surface area contributed by atoms with Crippen LogP contribution in [0.25, 0.3) is 0 Å². The second-order valence-corrected chi connectivity index (χ2v) is 7.66. The zero-order chi connectivity index (χ0) is 20.6. The number of nitrogens with one attached hydrogen (secondary N) is 1. The fraction of sp³-hybridized carbons (Fsp3) is 0.269. The van der Waals surface area contributed by atoms with E-state index in [0.29, 0.717) is 19.1 Å². The Balaban J connectivity index is 0.000000145. The molecule has 5 rings (SSSR count). The number of rotatable bonds is 5. The Morgan fingerprint density at radius 2 is 1.33 bits per heavy atom. The summed E-state index contributed by atoms with van der Waals surface area (Å²) in [4.78, 5) is 13.6. The van der Waals surface area contributed by atoms with E-state index in [1.54, 1.807) is 0 Å². The molecule has 2 aliphatic rings. The van der Waals surface area contributed by atoms with Crippen molar-refractivity contribution in [2.45, 2.75) is 38.2 Å². The van der Waals surface area contributed by atoms with Gasteiger partial charge in [0, 0.05) is 25.1 Å². The van der Waals surface area contributed by atoms with Crippen LogP contribution in [0.1, 0.15) is 35.8 Å². The van der Waals surface area contributed by atoms with Gasteiger partial charge in [0.25, 0.3) is 0 Å². The van der Waals surface area contributed by atoms with Gasteiger partial charge < -0.3 is 15.0 Å². The molecule has 2 atom stereocenters. The molecule has 0 aromatic heterocycles. The summed E-state index contributed by atoms with van der Waals surface area (Å²) in [5, 5.41) is 3.42. The topological polar surface area (TPSA) is 41.6 Å². The van der Waals surface area contributed by atoms with Crippen LogP contribution in [-0.2, 0) is 22.6 Å². The van der Waals surface area contributed by atoms with Crippen molar-refractivity contribution in [2.24, 2.45) is 0 Å². The standard InChI is InChI=1S/C14H15N.C12H13NO2/c1-3-7-13(8-4-1)11-15-12-14-9-5-2-6-10-14;14-11-7-6-10-8-15-12(13(10)11)9-4-2-1-3-5-9/h1-10,15H,11-12H2;1-5,10,12H,6-8H2/t;10-,12+/m.0/s1. The highest BCUT2D eigenvalue weighted by atomic mass is 16.5. The fourth-order valence-electron chi connectivity index (χ4n) is 3.95. The van der Waals surface area contributed by atoms with Gasteiger partial charge in [-0.2, -0.15) is 0 Å². The van der Waals surface area contributed by atoms with Crippen molar-refractivity contribution in [1.29, 1.82) is 0 Å². The third kappa shape index (κ3) is 5.15. The van der Waals surface area contributed by atoms with Crippen molar-refractivity contribution >= 4 is 5.91 Å². The maximum absolute atomic E-state index is 11.7. The lowest BCUT2D eigenvalue weighted by Gasteiger charge is -2.22. The van der Waals surface area contributed by atoms with Crippen LogP contribution in [0.3, 0.4) is 0 Å². The molecule has 0 saturated carbocycles. The first kappa shape index (κ1) is 20.3. The summed E-state index contributed by atoms with van der Waals surface area (Å²) in [5.41, 5.74) is 3.73. The Bertz CT molecular complexity index is 876. The summed E-state index contributed by atoms with van der Waals surface area (Å²) in [6.45, 7) is 2.54. The SMILES string of the molecule is O=C1CC[C@H]2CO[C@H](c3ccccc3)N12.c1ccc(CNCc2ccccc2)cc1. The lowest BCUT2D eigenvalue weighted by atomic mass is 10.2. The van der Waals surface area contributed by atoms with Gasteiger partial charge in [-0.15, -0.1) is 0 Å². The van der Waals surface area contributed by atoms with Gasteiger partial charge in [0.2, 0.25) is 5.91 Å². The minimum absolute atomic E-state index is 0.147. The third-order valence-electron chi connectivity index (χ3n) is 5.50. The number of fused-ring (bicyclic) bond motifs is 1. The average molecular weight is 401 g/mol. The largest absolute Gasteiger partial charge is 0.352 e. The van der Waals surface area contributed by atoms with Crippen LogP contribution < -0.4 is 5.32 Å². The maximum atomic E-state index is 11.7. The Morgan fingerprint density at radius 1 is 0.800 bits per heavy atom. The monoisotopic (exact) mass is 400 g/mol. The van der Waals surface area contributed by atoms with E-state index in [-0.39, 0.29) is 12.1 Å². The van der Waals surface area contributed by atoms with Crippen LogP contribution in [0.5, 0.6) is 0 Å². The van der Waals surface area contributed by atoms with E-state index in [4.69, 9.17) is 4.74 Å². The van der Waals surface area contributed by atoms with Crippen LogP contribution in [0.4, 0.5) is 0 Å². The van der Waals surface area contributed by atoms with Gasteiger partial charge in [0.05, 0.1) is 12.6 Å². The lowest BCUT2D eigenvalue weighted by Crippen LogP contribution is -2.30. The summed E-state index contributed by atoms with van der Waals surface area (Å²) < 4.78 is 5.68. The fourth-order valence-corrected chi connectivity index (χ4v) is 3.95. The first-order valence-electron chi connectivity index (χ1n) is 10.6. The smallest absolute Gasteiger partial charge is 0.225 e. The molecule has 0 radical (unpaired) electrons. The molecular weight excluding hydrogens is 372 g/mol. The summed E-state index contributed by atoms with van der Waals surface area (Å²) in [5.74, 6) is 0.228. The van der Waals surface area contributed by atoms with Crippen molar-refractivity contribution in [3.8, 4) is 0 Å².